The summed E-state index contributed by atoms with van der Waals surface area (Å²) in [6.45, 7) is 0.0364. The molecule has 2 aromatic carbocycles. The molecule has 5 rings (SSSR count). The molecule has 30 heavy (non-hydrogen) atoms. The molecule has 9 nitrogen and oxygen atoms in total. The maximum atomic E-state index is 13.2. The van der Waals surface area contributed by atoms with Crippen LogP contribution in [0.2, 0.25) is 0 Å². The second-order valence-corrected chi connectivity index (χ2v) is 7.26. The molecule has 0 spiro atoms. The molecule has 5 aromatic rings. The Kier molecular flexibility index (Phi) is 4.43. The molecule has 0 radical (unpaired) electrons. The van der Waals surface area contributed by atoms with E-state index in [4.69, 9.17) is 4.52 Å². The van der Waals surface area contributed by atoms with Gasteiger partial charge in [0.25, 0.3) is 5.56 Å². The van der Waals surface area contributed by atoms with Crippen molar-refractivity contribution in [2.45, 2.75) is 6.54 Å². The van der Waals surface area contributed by atoms with Crippen molar-refractivity contribution in [3.63, 3.8) is 0 Å². The summed E-state index contributed by atoms with van der Waals surface area (Å²) in [6.07, 6.45) is 1.36. The number of rotatable bonds is 4. The van der Waals surface area contributed by atoms with Gasteiger partial charge in [0.15, 0.2) is 11.2 Å². The van der Waals surface area contributed by atoms with Crippen molar-refractivity contribution in [2.75, 3.05) is 0 Å². The van der Waals surface area contributed by atoms with Crippen LogP contribution in [0.3, 0.4) is 0 Å². The van der Waals surface area contributed by atoms with Crippen molar-refractivity contribution in [3.05, 3.63) is 81.4 Å². The first-order valence-electron chi connectivity index (χ1n) is 8.74. The van der Waals surface area contributed by atoms with Gasteiger partial charge in [0.2, 0.25) is 11.7 Å². The largest absolute Gasteiger partial charge is 0.337 e. The van der Waals surface area contributed by atoms with Crippen LogP contribution in [0.25, 0.3) is 28.2 Å². The van der Waals surface area contributed by atoms with E-state index < -0.39 is 5.56 Å². The number of hydrogen-bond donors (Lipinski definition) is 0. The first-order valence-corrected chi connectivity index (χ1v) is 9.53. The molecule has 0 unspecified atom stereocenters. The summed E-state index contributed by atoms with van der Waals surface area (Å²) < 4.78 is 22.1. The molecule has 0 aliphatic rings. The van der Waals surface area contributed by atoms with Crippen molar-refractivity contribution in [1.29, 1.82) is 0 Å². The van der Waals surface area contributed by atoms with Crippen LogP contribution in [0.15, 0.2) is 68.6 Å². The standard InChI is InChI=1S/C19H11BrFN7O2/c20-12-3-1-11(2-4-12)17-23-15(30-25-17)9-27-10-22-18-16(19(27)29)24-26-28(18)14-7-5-13(21)6-8-14/h1-8,10H,9H2. The second kappa shape index (κ2) is 7.26. The predicted octanol–water partition coefficient (Wildman–Crippen LogP) is 2.98. The quantitative estimate of drug-likeness (QED) is 0.400. The van der Waals surface area contributed by atoms with Crippen LogP contribution in [0.4, 0.5) is 4.39 Å². The topological polar surface area (TPSA) is 105 Å². The molecule has 0 saturated carbocycles. The predicted molar refractivity (Wildman–Crippen MR) is 107 cm³/mol. The minimum Gasteiger partial charge on any atom is -0.337 e. The van der Waals surface area contributed by atoms with Crippen molar-refractivity contribution in [2.24, 2.45) is 0 Å². The zero-order valence-electron chi connectivity index (χ0n) is 15.1. The van der Waals surface area contributed by atoms with Gasteiger partial charge in [-0.2, -0.15) is 9.67 Å². The normalized spacial score (nSPS) is 11.3. The molecular formula is C19H11BrFN7O2. The molecule has 0 aliphatic heterocycles. The molecule has 0 saturated heterocycles. The fourth-order valence-electron chi connectivity index (χ4n) is 2.89. The van der Waals surface area contributed by atoms with Gasteiger partial charge in [-0.15, -0.1) is 5.10 Å². The maximum absolute atomic E-state index is 13.2. The highest BCUT2D eigenvalue weighted by Gasteiger charge is 2.16. The van der Waals surface area contributed by atoms with Crippen LogP contribution in [0, 0.1) is 5.82 Å². The summed E-state index contributed by atoms with van der Waals surface area (Å²) in [5, 5.41) is 11.9. The van der Waals surface area contributed by atoms with E-state index in [1.54, 1.807) is 0 Å². The Balaban J connectivity index is 1.46. The molecular weight excluding hydrogens is 457 g/mol. The van der Waals surface area contributed by atoms with Crippen LogP contribution in [0.5, 0.6) is 0 Å². The first-order chi connectivity index (χ1) is 14.6. The molecule has 0 amide bonds. The van der Waals surface area contributed by atoms with Crippen LogP contribution in [0.1, 0.15) is 5.89 Å². The second-order valence-electron chi connectivity index (χ2n) is 6.35. The zero-order chi connectivity index (χ0) is 20.7. The minimum atomic E-state index is -0.406. The van der Waals surface area contributed by atoms with E-state index in [2.05, 4.69) is 41.4 Å². The summed E-state index contributed by atoms with van der Waals surface area (Å²) in [4.78, 5) is 21.4. The average Bonchev–Trinajstić information content (AvgIpc) is 3.39. The van der Waals surface area contributed by atoms with Gasteiger partial charge in [-0.25, -0.2) is 9.37 Å². The van der Waals surface area contributed by atoms with Gasteiger partial charge in [-0.1, -0.05) is 26.3 Å². The number of fused-ring (bicyclic) bond motifs is 1. The first kappa shape index (κ1) is 18.3. The van der Waals surface area contributed by atoms with Gasteiger partial charge in [0, 0.05) is 10.0 Å². The van der Waals surface area contributed by atoms with Gasteiger partial charge in [0.05, 0.1) is 5.69 Å². The Morgan fingerprint density at radius 2 is 1.83 bits per heavy atom. The van der Waals surface area contributed by atoms with E-state index >= 15 is 0 Å². The number of nitrogens with zero attached hydrogens (tertiary/aromatic N) is 7. The number of hydrogen-bond acceptors (Lipinski definition) is 7. The Morgan fingerprint density at radius 3 is 2.60 bits per heavy atom. The molecule has 3 aromatic heterocycles. The van der Waals surface area contributed by atoms with E-state index in [1.165, 1.54) is 39.8 Å². The van der Waals surface area contributed by atoms with Crippen molar-refractivity contribution < 1.29 is 8.91 Å². The van der Waals surface area contributed by atoms with Gasteiger partial charge in [-0.05, 0) is 48.5 Å². The summed E-state index contributed by atoms with van der Waals surface area (Å²) in [5.74, 6) is 0.296. The average molecular weight is 468 g/mol. The molecule has 0 aliphatic carbocycles. The van der Waals surface area contributed by atoms with Crippen LogP contribution in [-0.2, 0) is 6.54 Å². The highest BCUT2D eigenvalue weighted by Crippen LogP contribution is 2.19. The van der Waals surface area contributed by atoms with Crippen molar-refractivity contribution in [1.82, 2.24) is 34.7 Å². The molecule has 0 fully saturated rings. The Morgan fingerprint density at radius 1 is 1.07 bits per heavy atom. The van der Waals surface area contributed by atoms with Crippen molar-refractivity contribution >= 4 is 27.1 Å². The van der Waals surface area contributed by atoms with Crippen LogP contribution < -0.4 is 5.56 Å². The fourth-order valence-corrected chi connectivity index (χ4v) is 3.16. The third-order valence-electron chi connectivity index (χ3n) is 4.38. The highest BCUT2D eigenvalue weighted by molar-refractivity contribution is 9.10. The van der Waals surface area contributed by atoms with Crippen LogP contribution in [-0.4, -0.2) is 34.7 Å². The molecule has 0 bridgehead atoms. The summed E-state index contributed by atoms with van der Waals surface area (Å²) in [5.41, 5.74) is 1.27. The van der Waals surface area contributed by atoms with E-state index in [-0.39, 0.29) is 29.4 Å². The van der Waals surface area contributed by atoms with Crippen LogP contribution >= 0.6 is 15.9 Å². The minimum absolute atomic E-state index is 0.0364. The number of aromatic nitrogens is 7. The highest BCUT2D eigenvalue weighted by atomic mass is 79.9. The number of halogens is 2. The van der Waals surface area contributed by atoms with Gasteiger partial charge >= 0.3 is 0 Å². The maximum Gasteiger partial charge on any atom is 0.284 e. The fraction of sp³-hybridized carbons (Fsp3) is 0.0526. The van der Waals surface area contributed by atoms with Gasteiger partial charge < -0.3 is 4.52 Å². The molecule has 11 heteroatoms. The third kappa shape index (κ3) is 3.28. The molecule has 0 atom stereocenters. The molecule has 148 valence electrons. The van der Waals surface area contributed by atoms with E-state index in [0.29, 0.717) is 11.5 Å². The van der Waals surface area contributed by atoms with Gasteiger partial charge in [0.1, 0.15) is 18.7 Å². The lowest BCUT2D eigenvalue weighted by Gasteiger charge is -2.03. The summed E-state index contributed by atoms with van der Waals surface area (Å²) in [7, 11) is 0. The van der Waals surface area contributed by atoms with E-state index in [1.807, 2.05) is 24.3 Å². The lowest BCUT2D eigenvalue weighted by atomic mass is 10.2. The third-order valence-corrected chi connectivity index (χ3v) is 4.91. The molecule has 0 N–H and O–H groups in total. The smallest absolute Gasteiger partial charge is 0.284 e. The summed E-state index contributed by atoms with van der Waals surface area (Å²) >= 11 is 3.38. The summed E-state index contributed by atoms with van der Waals surface area (Å²) in [6, 6.07) is 13.1. The van der Waals surface area contributed by atoms with Crippen molar-refractivity contribution in [3.8, 4) is 17.1 Å². The zero-order valence-corrected chi connectivity index (χ0v) is 16.7. The number of benzene rings is 2. The Bertz CT molecular complexity index is 1410. The lowest BCUT2D eigenvalue weighted by molar-refractivity contribution is 0.369. The monoisotopic (exact) mass is 467 g/mol. The molecule has 3 heterocycles. The lowest BCUT2D eigenvalue weighted by Crippen LogP contribution is -2.21. The Labute approximate surface area is 175 Å². The van der Waals surface area contributed by atoms with E-state index in [9.17, 15) is 9.18 Å². The Hall–Kier alpha value is -3.73. The van der Waals surface area contributed by atoms with E-state index in [0.717, 1.165) is 10.0 Å². The van der Waals surface area contributed by atoms with Gasteiger partial charge in [-0.3, -0.25) is 9.36 Å². The SMILES string of the molecule is O=c1c2nnn(-c3ccc(F)cc3)c2ncn1Cc1nc(-c2ccc(Br)cc2)no1.